The van der Waals surface area contributed by atoms with Crippen molar-refractivity contribution >= 4 is 11.8 Å². The molecule has 2 atom stereocenters. The molecule has 0 aromatic heterocycles. The van der Waals surface area contributed by atoms with E-state index < -0.39 is 0 Å². The van der Waals surface area contributed by atoms with Gasteiger partial charge >= 0.3 is 0 Å². The average Bonchev–Trinajstić information content (AvgIpc) is 2.17. The predicted molar refractivity (Wildman–Crippen MR) is 56.2 cm³/mol. The van der Waals surface area contributed by atoms with E-state index in [4.69, 9.17) is 10.5 Å². The van der Waals surface area contributed by atoms with Crippen LogP contribution >= 0.6 is 11.8 Å². The van der Waals surface area contributed by atoms with Crippen LogP contribution in [0.3, 0.4) is 0 Å². The summed E-state index contributed by atoms with van der Waals surface area (Å²) in [4.78, 5) is 0. The van der Waals surface area contributed by atoms with Crippen molar-refractivity contribution in [3.8, 4) is 5.75 Å². The Morgan fingerprint density at radius 2 is 2.08 bits per heavy atom. The lowest BCUT2D eigenvalue weighted by Crippen LogP contribution is -2.37. The third kappa shape index (κ3) is 1.67. The van der Waals surface area contributed by atoms with Crippen LogP contribution in [0.1, 0.15) is 10.8 Å². The van der Waals surface area contributed by atoms with Gasteiger partial charge in [0.15, 0.2) is 0 Å². The molecule has 2 unspecified atom stereocenters. The molecule has 1 aromatic carbocycles. The summed E-state index contributed by atoms with van der Waals surface area (Å²) < 4.78 is 5.09. The van der Waals surface area contributed by atoms with Crippen molar-refractivity contribution in [3.05, 3.63) is 29.8 Å². The Balaban J connectivity index is 2.13. The molecule has 1 heterocycles. The molecule has 0 bridgehead atoms. The summed E-state index contributed by atoms with van der Waals surface area (Å²) in [5.41, 5.74) is 7.18. The summed E-state index contributed by atoms with van der Waals surface area (Å²) in [7, 11) is 1.68. The molecule has 2 rings (SSSR count). The Bertz CT molecular complexity index is 285. The molecule has 0 spiro atoms. The van der Waals surface area contributed by atoms with Crippen molar-refractivity contribution < 1.29 is 4.74 Å². The Hall–Kier alpha value is -0.670. The second-order valence-corrected chi connectivity index (χ2v) is 4.37. The van der Waals surface area contributed by atoms with Gasteiger partial charge in [0.25, 0.3) is 0 Å². The molecule has 0 saturated carbocycles. The number of benzene rings is 1. The van der Waals surface area contributed by atoms with Crippen LogP contribution < -0.4 is 10.5 Å². The Morgan fingerprint density at radius 1 is 1.38 bits per heavy atom. The molecule has 1 saturated heterocycles. The first-order valence-corrected chi connectivity index (χ1v) is 5.37. The Kier molecular flexibility index (Phi) is 2.47. The first kappa shape index (κ1) is 8.91. The number of ether oxygens (including phenoxy) is 1. The molecule has 1 fully saturated rings. The highest BCUT2D eigenvalue weighted by atomic mass is 32.2. The van der Waals surface area contributed by atoms with Crippen LogP contribution in [-0.2, 0) is 0 Å². The van der Waals surface area contributed by atoms with Gasteiger partial charge in [0.1, 0.15) is 5.75 Å². The number of hydrogen-bond acceptors (Lipinski definition) is 3. The van der Waals surface area contributed by atoms with Gasteiger partial charge < -0.3 is 10.5 Å². The molecule has 1 aliphatic heterocycles. The molecule has 13 heavy (non-hydrogen) atoms. The minimum atomic E-state index is 0.332. The van der Waals surface area contributed by atoms with Gasteiger partial charge in [-0.05, 0) is 17.7 Å². The van der Waals surface area contributed by atoms with Crippen molar-refractivity contribution in [2.45, 2.75) is 11.3 Å². The molecule has 1 aliphatic rings. The molecule has 1 aromatic rings. The molecule has 0 radical (unpaired) electrons. The van der Waals surface area contributed by atoms with Crippen LogP contribution in [0.15, 0.2) is 24.3 Å². The van der Waals surface area contributed by atoms with Crippen LogP contribution in [-0.4, -0.2) is 18.9 Å². The lowest BCUT2D eigenvalue weighted by molar-refractivity contribution is 0.414. The van der Waals surface area contributed by atoms with Gasteiger partial charge in [-0.15, -0.1) is 0 Å². The molecular weight excluding hydrogens is 182 g/mol. The number of nitrogens with two attached hydrogens (primary N) is 1. The second-order valence-electron chi connectivity index (χ2n) is 3.19. The van der Waals surface area contributed by atoms with E-state index in [1.54, 1.807) is 7.11 Å². The summed E-state index contributed by atoms with van der Waals surface area (Å²) in [6.45, 7) is 0. The van der Waals surface area contributed by atoms with Crippen LogP contribution in [0.2, 0.25) is 0 Å². The van der Waals surface area contributed by atoms with E-state index in [0.29, 0.717) is 11.3 Å². The first-order chi connectivity index (χ1) is 6.31. The number of thioether (sulfide) groups is 1. The van der Waals surface area contributed by atoms with Crippen molar-refractivity contribution in [1.29, 1.82) is 0 Å². The van der Waals surface area contributed by atoms with Gasteiger partial charge in [-0.1, -0.05) is 12.1 Å². The van der Waals surface area contributed by atoms with Gasteiger partial charge in [-0.25, -0.2) is 0 Å². The fourth-order valence-corrected chi connectivity index (χ4v) is 2.40. The zero-order valence-electron chi connectivity index (χ0n) is 7.57. The van der Waals surface area contributed by atoms with Gasteiger partial charge in [0.2, 0.25) is 0 Å². The molecule has 2 N–H and O–H groups in total. The quantitative estimate of drug-likeness (QED) is 0.781. The number of methoxy groups -OCH3 is 1. The van der Waals surface area contributed by atoms with E-state index in [-0.39, 0.29) is 0 Å². The molecular formula is C10H13NOS. The summed E-state index contributed by atoms with van der Waals surface area (Å²) in [6.07, 6.45) is 0. The van der Waals surface area contributed by atoms with E-state index in [0.717, 1.165) is 11.5 Å². The maximum Gasteiger partial charge on any atom is 0.118 e. The maximum atomic E-state index is 5.87. The van der Waals surface area contributed by atoms with E-state index in [1.807, 2.05) is 23.9 Å². The SMILES string of the molecule is COc1ccc(C2SCC2N)cc1. The topological polar surface area (TPSA) is 35.2 Å². The molecule has 2 nitrogen and oxygen atoms in total. The Morgan fingerprint density at radius 3 is 2.46 bits per heavy atom. The summed E-state index contributed by atoms with van der Waals surface area (Å²) in [5.74, 6) is 1.98. The van der Waals surface area contributed by atoms with E-state index in [9.17, 15) is 0 Å². The monoisotopic (exact) mass is 195 g/mol. The average molecular weight is 195 g/mol. The van der Waals surface area contributed by atoms with Gasteiger partial charge in [0.05, 0.1) is 7.11 Å². The fourth-order valence-electron chi connectivity index (χ4n) is 1.44. The van der Waals surface area contributed by atoms with Crippen LogP contribution in [0.25, 0.3) is 0 Å². The zero-order chi connectivity index (χ0) is 9.26. The molecule has 0 amide bonds. The summed E-state index contributed by atoms with van der Waals surface area (Å²) in [5, 5.41) is 0.492. The van der Waals surface area contributed by atoms with Crippen LogP contribution in [0, 0.1) is 0 Å². The van der Waals surface area contributed by atoms with Crippen molar-refractivity contribution in [2.24, 2.45) is 5.73 Å². The lowest BCUT2D eigenvalue weighted by atomic mass is 10.1. The summed E-state index contributed by atoms with van der Waals surface area (Å²) >= 11 is 1.91. The highest BCUT2D eigenvalue weighted by Gasteiger charge is 2.29. The van der Waals surface area contributed by atoms with E-state index in [1.165, 1.54) is 5.56 Å². The molecule has 3 heteroatoms. The van der Waals surface area contributed by atoms with Crippen molar-refractivity contribution in [3.63, 3.8) is 0 Å². The zero-order valence-corrected chi connectivity index (χ0v) is 8.38. The first-order valence-electron chi connectivity index (χ1n) is 4.32. The predicted octanol–water partition coefficient (Wildman–Crippen LogP) is 1.81. The van der Waals surface area contributed by atoms with Gasteiger partial charge in [0, 0.05) is 17.0 Å². The molecule has 70 valence electrons. The minimum absolute atomic E-state index is 0.332. The smallest absolute Gasteiger partial charge is 0.118 e. The lowest BCUT2D eigenvalue weighted by Gasteiger charge is -2.33. The fraction of sp³-hybridized carbons (Fsp3) is 0.400. The molecule has 0 aliphatic carbocycles. The maximum absolute atomic E-state index is 5.87. The highest BCUT2D eigenvalue weighted by molar-refractivity contribution is 8.01. The van der Waals surface area contributed by atoms with E-state index >= 15 is 0 Å². The van der Waals surface area contributed by atoms with Crippen LogP contribution in [0.5, 0.6) is 5.75 Å². The van der Waals surface area contributed by atoms with Crippen molar-refractivity contribution in [1.82, 2.24) is 0 Å². The third-order valence-corrected chi connectivity index (χ3v) is 3.86. The van der Waals surface area contributed by atoms with E-state index in [2.05, 4.69) is 12.1 Å². The van der Waals surface area contributed by atoms with Gasteiger partial charge in [-0.3, -0.25) is 0 Å². The van der Waals surface area contributed by atoms with Crippen LogP contribution in [0.4, 0.5) is 0 Å². The van der Waals surface area contributed by atoms with Gasteiger partial charge in [-0.2, -0.15) is 11.8 Å². The number of rotatable bonds is 2. The second kappa shape index (κ2) is 3.60. The Labute approximate surface area is 82.5 Å². The minimum Gasteiger partial charge on any atom is -0.497 e. The summed E-state index contributed by atoms with van der Waals surface area (Å²) in [6, 6.07) is 8.49. The number of hydrogen-bond donors (Lipinski definition) is 1. The largest absolute Gasteiger partial charge is 0.497 e. The normalized spacial score (nSPS) is 26.6. The van der Waals surface area contributed by atoms with Crippen molar-refractivity contribution in [2.75, 3.05) is 12.9 Å². The third-order valence-electron chi connectivity index (χ3n) is 2.30. The standard InChI is InChI=1S/C10H13NOS/c1-12-8-4-2-7(3-5-8)10-9(11)6-13-10/h2-5,9-10H,6,11H2,1H3. The highest BCUT2D eigenvalue weighted by Crippen LogP contribution is 2.41.